The first-order chi connectivity index (χ1) is 50.2. The molecule has 3 amide bonds. The summed E-state index contributed by atoms with van der Waals surface area (Å²) in [5.41, 5.74) is 17.8. The summed E-state index contributed by atoms with van der Waals surface area (Å²) in [4.78, 5) is 86.3. The number of carboxylic acid groups (broad SMARTS) is 1. The summed E-state index contributed by atoms with van der Waals surface area (Å²) in [6.07, 6.45) is 0.931. The Bertz CT molecular complexity index is 5350. The van der Waals surface area contributed by atoms with Gasteiger partial charge in [-0.05, 0) is 199 Å². The Hall–Kier alpha value is -10.8. The highest BCUT2D eigenvalue weighted by molar-refractivity contribution is 7.88. The number of halogens is 3. The van der Waals surface area contributed by atoms with Crippen LogP contribution in [0, 0.1) is 20.8 Å². The fraction of sp³-hybridized carbons (Fsp3) is 0.333. The molecule has 0 saturated carbocycles. The number of nitrogens with zero attached hydrogens (tertiary/aromatic N) is 2. The molecular weight excluding hydrogens is 1400 g/mol. The number of carbonyl (C=O) groups excluding carboxylic acids is 5. The normalized spacial score (nSPS) is 13.8. The van der Waals surface area contributed by atoms with Crippen LogP contribution in [-0.4, -0.2) is 108 Å². The van der Waals surface area contributed by atoms with Gasteiger partial charge in [-0.2, -0.15) is 21.6 Å². The number of aliphatic carboxylic acids is 1. The van der Waals surface area contributed by atoms with Gasteiger partial charge in [-0.15, -0.1) is 0 Å². The van der Waals surface area contributed by atoms with Crippen molar-refractivity contribution in [1.29, 1.82) is 0 Å². The number of benzene rings is 8. The smallest absolute Gasteiger partial charge is 0.493 e. The van der Waals surface area contributed by atoms with Crippen molar-refractivity contribution in [1.82, 2.24) is 9.97 Å². The number of rotatable bonds is 18. The van der Waals surface area contributed by atoms with E-state index >= 15 is 0 Å². The molecule has 12 rings (SSSR count). The Balaban J connectivity index is 0.000000172. The Morgan fingerprint density at radius 3 is 1.19 bits per heavy atom. The molecular formula is C81H84F3N5O17S. The molecule has 3 atom stereocenters. The molecule has 107 heavy (non-hydrogen) atoms. The number of alkyl halides is 3. The predicted molar refractivity (Wildman–Crippen MR) is 399 cm³/mol. The topological polar surface area (TPSA) is 334 Å². The van der Waals surface area contributed by atoms with Crippen molar-refractivity contribution in [2.45, 2.75) is 150 Å². The number of carbonyl (C=O) groups is 6. The number of fused-ring (bicyclic) bond motifs is 3. The average molecular weight is 1490 g/mol. The zero-order valence-corrected chi connectivity index (χ0v) is 62.5. The summed E-state index contributed by atoms with van der Waals surface area (Å²) in [5, 5.41) is 14.9. The first-order valence-electron chi connectivity index (χ1n) is 34.4. The van der Waals surface area contributed by atoms with Crippen LogP contribution in [-0.2, 0) is 61.0 Å². The third-order valence-electron chi connectivity index (χ3n) is 17.8. The molecule has 10 aromatic rings. The molecule has 2 aliphatic rings. The van der Waals surface area contributed by atoms with E-state index in [-0.39, 0.29) is 40.7 Å². The quantitative estimate of drug-likeness (QED) is 0.0352. The maximum Gasteiger partial charge on any atom is 0.534 e. The Kier molecular flexibility index (Phi) is 22.5. The standard InChI is InChI=1S/C31H32N2O5.C29H28N2O5.C21H24F3NO7S/c1-6-36-30(35)28(38-31(3,4)5)24-17(2)23(29(32)34)19-9-7-8-10-20(19)26(24)21-11-12-22-25-18(14-16-37-22)13-15-33-27(21)25;1-15-21(27(30)32)17-7-5-6-8-18(17)24(22(15)26(28(33)34)36-29(2,3)4)19-9-10-20-23-16(12-14-35-20)11-13-31-25(19)23;1-6-30-19(27)17(31-20(3,4)5)15-11(2)14(18(25)26)12-9-7-8-10-13(12)16(15)32-33(28,29)21(22,23)24/h7-13,15,28H,6,14,16H2,1-5H3,(H2,32,34);5-11,13,26H,12,14H2,1-4H3,(H2,30,32)(H,33,34);7-10,17H,6H2,1-5H3,(H2,25,26)/t28-;26-;17-/m000/s1. The number of aromatic nitrogens is 2. The van der Waals surface area contributed by atoms with Gasteiger partial charge in [0.05, 0.1) is 71.0 Å². The number of amides is 3. The van der Waals surface area contributed by atoms with E-state index in [1.807, 2.05) is 113 Å². The summed E-state index contributed by atoms with van der Waals surface area (Å²) in [5.74, 6) is -4.14. The van der Waals surface area contributed by atoms with Crippen molar-refractivity contribution in [3.63, 3.8) is 0 Å². The van der Waals surface area contributed by atoms with Gasteiger partial charge in [-0.3, -0.25) is 24.4 Å². The Morgan fingerprint density at radius 2 is 0.832 bits per heavy atom. The lowest BCUT2D eigenvalue weighted by molar-refractivity contribution is -0.167. The van der Waals surface area contributed by atoms with Crippen molar-refractivity contribution in [2.24, 2.45) is 17.2 Å². The SMILES string of the molecule is CCOC(=O)[C@@H](OC(C)(C)C)c1c(C)c(C(N)=O)c2ccccc2c1-c1ccc2c3c(ccnc13)CCO2.CCOC(=O)[C@@H](OC(C)(C)C)c1c(C)c(C(N)=O)c2ccccc2c1OS(=O)(=O)C(F)(F)F.Cc1c([C@H](OC(C)(C)C)C(=O)O)c(-c2ccc3c4c(ccnc24)CCO3)c2ccccc2c1C(N)=O. The molecule has 8 aromatic carbocycles. The summed E-state index contributed by atoms with van der Waals surface area (Å²) < 4.78 is 109. The number of nitrogens with two attached hydrogens (primary N) is 3. The van der Waals surface area contributed by atoms with Crippen LogP contribution < -0.4 is 30.9 Å². The van der Waals surface area contributed by atoms with Gasteiger partial charge >= 0.3 is 33.5 Å². The first kappa shape index (κ1) is 78.8. The highest BCUT2D eigenvalue weighted by Crippen LogP contribution is 2.50. The average Bonchev–Trinajstić information content (AvgIpc) is 0.734. The lowest BCUT2D eigenvalue weighted by Gasteiger charge is -2.31. The lowest BCUT2D eigenvalue weighted by atomic mass is 9.82. The number of pyridine rings is 2. The molecule has 4 heterocycles. The molecule has 22 nitrogen and oxygen atoms in total. The second-order valence-electron chi connectivity index (χ2n) is 28.5. The number of ether oxygens (including phenoxy) is 7. The van der Waals surface area contributed by atoms with Gasteiger partial charge in [0.25, 0.3) is 0 Å². The van der Waals surface area contributed by atoms with Gasteiger partial charge in [0.15, 0.2) is 24.1 Å². The lowest BCUT2D eigenvalue weighted by Crippen LogP contribution is -2.32. The number of hydrogen-bond acceptors (Lipinski definition) is 18. The minimum atomic E-state index is -6.15. The summed E-state index contributed by atoms with van der Waals surface area (Å²) in [6, 6.07) is 32.2. The summed E-state index contributed by atoms with van der Waals surface area (Å²) in [7, 11) is -6.15. The third kappa shape index (κ3) is 16.0. The van der Waals surface area contributed by atoms with Crippen LogP contribution in [0.15, 0.2) is 122 Å². The predicted octanol–water partition coefficient (Wildman–Crippen LogP) is 15.0. The van der Waals surface area contributed by atoms with Gasteiger partial charge in [0.1, 0.15) is 11.5 Å². The van der Waals surface area contributed by atoms with Gasteiger partial charge < -0.3 is 59.6 Å². The van der Waals surface area contributed by atoms with E-state index in [9.17, 15) is 55.5 Å². The first-order valence-corrected chi connectivity index (χ1v) is 35.9. The molecule has 26 heteroatoms. The van der Waals surface area contributed by atoms with Crippen molar-refractivity contribution in [3.05, 3.63) is 183 Å². The zero-order valence-electron chi connectivity index (χ0n) is 61.7. The molecule has 0 aliphatic carbocycles. The van der Waals surface area contributed by atoms with Crippen molar-refractivity contribution < 1.29 is 92.8 Å². The van der Waals surface area contributed by atoms with Crippen molar-refractivity contribution in [2.75, 3.05) is 26.4 Å². The Labute approximate surface area is 616 Å². The van der Waals surface area contributed by atoms with E-state index in [0.717, 1.165) is 73.8 Å². The monoisotopic (exact) mass is 1490 g/mol. The van der Waals surface area contributed by atoms with Crippen LogP contribution in [0.5, 0.6) is 17.2 Å². The molecule has 7 N–H and O–H groups in total. The molecule has 0 bridgehead atoms. The van der Waals surface area contributed by atoms with Crippen LogP contribution in [0.4, 0.5) is 13.2 Å². The second-order valence-corrected chi connectivity index (χ2v) is 30.1. The van der Waals surface area contributed by atoms with Gasteiger partial charge in [0, 0.05) is 69.2 Å². The van der Waals surface area contributed by atoms with E-state index in [2.05, 4.69) is 4.18 Å². The molecule has 0 saturated heterocycles. The van der Waals surface area contributed by atoms with Crippen LogP contribution in [0.25, 0.3) is 76.4 Å². The number of esters is 2. The summed E-state index contributed by atoms with van der Waals surface area (Å²) in [6.45, 7) is 25.1. The van der Waals surface area contributed by atoms with Crippen LogP contribution in [0.2, 0.25) is 0 Å². The molecule has 0 spiro atoms. The van der Waals surface area contributed by atoms with Gasteiger partial charge in [-0.1, -0.05) is 72.8 Å². The van der Waals surface area contributed by atoms with Crippen molar-refractivity contribution in [3.8, 4) is 39.5 Å². The maximum absolute atomic E-state index is 13.5. The molecule has 2 aromatic heterocycles. The zero-order chi connectivity index (χ0) is 78.3. The third-order valence-corrected chi connectivity index (χ3v) is 18.8. The highest BCUT2D eigenvalue weighted by atomic mass is 32.2. The van der Waals surface area contributed by atoms with E-state index < -0.39 is 97.7 Å². The van der Waals surface area contributed by atoms with Gasteiger partial charge in [-0.25, -0.2) is 14.4 Å². The highest BCUT2D eigenvalue weighted by Gasteiger charge is 2.50. The molecule has 2 aliphatic heterocycles. The minimum absolute atomic E-state index is 0.0389. The van der Waals surface area contributed by atoms with E-state index in [1.165, 1.54) is 38.1 Å². The fourth-order valence-electron chi connectivity index (χ4n) is 13.9. The van der Waals surface area contributed by atoms with Gasteiger partial charge in [0.2, 0.25) is 17.7 Å². The molecule has 0 fully saturated rings. The van der Waals surface area contributed by atoms with E-state index in [1.54, 1.807) is 67.8 Å². The minimum Gasteiger partial charge on any atom is -0.493 e. The van der Waals surface area contributed by atoms with Crippen molar-refractivity contribution >= 4 is 99.9 Å². The fourth-order valence-corrected chi connectivity index (χ4v) is 14.4. The van der Waals surface area contributed by atoms with E-state index in [4.69, 9.17) is 60.3 Å². The Morgan fingerprint density at radius 1 is 0.495 bits per heavy atom. The maximum atomic E-state index is 13.5. The number of primary amides is 3. The van der Waals surface area contributed by atoms with Crippen LogP contribution >= 0.6 is 0 Å². The molecule has 562 valence electrons. The van der Waals surface area contributed by atoms with E-state index in [0.29, 0.717) is 68.3 Å². The van der Waals surface area contributed by atoms with Crippen LogP contribution in [0.1, 0.15) is 170 Å². The number of carboxylic acids is 1. The second kappa shape index (κ2) is 30.6. The molecule has 0 radical (unpaired) electrons. The number of hydrogen-bond donors (Lipinski definition) is 4. The van der Waals surface area contributed by atoms with Crippen LogP contribution in [0.3, 0.4) is 0 Å². The largest absolute Gasteiger partial charge is 0.534 e. The molecule has 0 unspecified atom stereocenters. The summed E-state index contributed by atoms with van der Waals surface area (Å²) >= 11 is 0.